The summed E-state index contributed by atoms with van der Waals surface area (Å²) in [6.07, 6.45) is 1.62. The summed E-state index contributed by atoms with van der Waals surface area (Å²) in [5.41, 5.74) is 1.46. The number of aliphatic hydroxyl groups excluding tert-OH is 1. The standard InChI is InChI=1S/C14H16Cl2N2O/c1-9(2)18-7-6-10(17-18)8-13(19)11-4-3-5-12(15)14(11)16/h3-7,9,13,19H,8H2,1-2H3. The molecular weight excluding hydrogens is 283 g/mol. The third-order valence-electron chi connectivity index (χ3n) is 2.94. The highest BCUT2D eigenvalue weighted by atomic mass is 35.5. The van der Waals surface area contributed by atoms with Gasteiger partial charge in [0.15, 0.2) is 0 Å². The van der Waals surface area contributed by atoms with Gasteiger partial charge in [-0.15, -0.1) is 0 Å². The van der Waals surface area contributed by atoms with E-state index >= 15 is 0 Å². The first-order chi connectivity index (χ1) is 8.99. The van der Waals surface area contributed by atoms with E-state index in [2.05, 4.69) is 18.9 Å². The van der Waals surface area contributed by atoms with E-state index < -0.39 is 6.10 Å². The van der Waals surface area contributed by atoms with Crippen molar-refractivity contribution in [3.05, 3.63) is 51.8 Å². The first-order valence-electron chi connectivity index (χ1n) is 6.15. The number of nitrogens with zero attached hydrogens (tertiary/aromatic N) is 2. The summed E-state index contributed by atoms with van der Waals surface area (Å²) in [4.78, 5) is 0. The van der Waals surface area contributed by atoms with Crippen molar-refractivity contribution in [2.45, 2.75) is 32.4 Å². The number of hydrogen-bond donors (Lipinski definition) is 1. The van der Waals surface area contributed by atoms with Crippen LogP contribution in [-0.4, -0.2) is 14.9 Å². The fourth-order valence-corrected chi connectivity index (χ4v) is 2.29. The molecule has 0 fully saturated rings. The number of aliphatic hydroxyl groups is 1. The number of halogens is 2. The predicted molar refractivity (Wildman–Crippen MR) is 77.7 cm³/mol. The fourth-order valence-electron chi connectivity index (χ4n) is 1.86. The molecule has 3 nitrogen and oxygen atoms in total. The Labute approximate surface area is 122 Å². The third kappa shape index (κ3) is 3.30. The van der Waals surface area contributed by atoms with E-state index in [9.17, 15) is 5.11 Å². The maximum atomic E-state index is 10.2. The summed E-state index contributed by atoms with van der Waals surface area (Å²) >= 11 is 12.0. The molecule has 0 radical (unpaired) electrons. The van der Waals surface area contributed by atoms with Gasteiger partial charge in [-0.1, -0.05) is 35.3 Å². The Morgan fingerprint density at radius 2 is 2.00 bits per heavy atom. The fraction of sp³-hybridized carbons (Fsp3) is 0.357. The van der Waals surface area contributed by atoms with Crippen molar-refractivity contribution >= 4 is 23.2 Å². The van der Waals surface area contributed by atoms with Gasteiger partial charge in [-0.3, -0.25) is 4.68 Å². The van der Waals surface area contributed by atoms with Crippen molar-refractivity contribution < 1.29 is 5.11 Å². The molecule has 0 amide bonds. The summed E-state index contributed by atoms with van der Waals surface area (Å²) in [6.45, 7) is 4.11. The van der Waals surface area contributed by atoms with Gasteiger partial charge >= 0.3 is 0 Å². The van der Waals surface area contributed by atoms with Crippen LogP contribution in [0.15, 0.2) is 30.5 Å². The molecule has 0 aliphatic carbocycles. The number of hydrogen-bond acceptors (Lipinski definition) is 2. The highest BCUT2D eigenvalue weighted by molar-refractivity contribution is 6.42. The van der Waals surface area contributed by atoms with Crippen LogP contribution in [0.1, 0.15) is 37.3 Å². The van der Waals surface area contributed by atoms with E-state index in [1.54, 1.807) is 18.2 Å². The zero-order chi connectivity index (χ0) is 14.0. The molecule has 1 N–H and O–H groups in total. The predicted octanol–water partition coefficient (Wildman–Crippen LogP) is 4.05. The van der Waals surface area contributed by atoms with Gasteiger partial charge in [-0.05, 0) is 26.0 Å². The van der Waals surface area contributed by atoms with Crippen molar-refractivity contribution in [2.75, 3.05) is 0 Å². The molecule has 19 heavy (non-hydrogen) atoms. The second-order valence-corrected chi connectivity index (χ2v) is 5.53. The summed E-state index contributed by atoms with van der Waals surface area (Å²) in [7, 11) is 0. The lowest BCUT2D eigenvalue weighted by Gasteiger charge is -2.12. The molecule has 102 valence electrons. The second kappa shape index (κ2) is 5.95. The molecule has 2 rings (SSSR count). The van der Waals surface area contributed by atoms with Crippen LogP contribution in [0, 0.1) is 0 Å². The Hall–Kier alpha value is -1.03. The molecule has 5 heteroatoms. The average molecular weight is 299 g/mol. The zero-order valence-electron chi connectivity index (χ0n) is 10.8. The summed E-state index contributed by atoms with van der Waals surface area (Å²) in [5.74, 6) is 0. The van der Waals surface area contributed by atoms with Crippen LogP contribution in [-0.2, 0) is 6.42 Å². The lowest BCUT2D eigenvalue weighted by Crippen LogP contribution is -2.06. The SMILES string of the molecule is CC(C)n1ccc(CC(O)c2cccc(Cl)c2Cl)n1. The minimum atomic E-state index is -0.707. The Balaban J connectivity index is 2.16. The van der Waals surface area contributed by atoms with E-state index in [0.717, 1.165) is 5.69 Å². The second-order valence-electron chi connectivity index (χ2n) is 4.74. The summed E-state index contributed by atoms with van der Waals surface area (Å²) < 4.78 is 1.86. The summed E-state index contributed by atoms with van der Waals surface area (Å²) in [5, 5.41) is 15.5. The lowest BCUT2D eigenvalue weighted by molar-refractivity contribution is 0.177. The monoisotopic (exact) mass is 298 g/mol. The summed E-state index contributed by atoms with van der Waals surface area (Å²) in [6, 6.07) is 7.47. The van der Waals surface area contributed by atoms with Crippen LogP contribution >= 0.6 is 23.2 Å². The van der Waals surface area contributed by atoms with Gasteiger partial charge in [0, 0.05) is 24.2 Å². The molecule has 0 saturated heterocycles. The van der Waals surface area contributed by atoms with E-state index in [-0.39, 0.29) is 0 Å². The van der Waals surface area contributed by atoms with Gasteiger partial charge in [-0.25, -0.2) is 0 Å². The van der Waals surface area contributed by atoms with Gasteiger partial charge in [0.05, 0.1) is 21.8 Å². The van der Waals surface area contributed by atoms with Crippen molar-refractivity contribution in [3.8, 4) is 0 Å². The van der Waals surface area contributed by atoms with Crippen LogP contribution in [0.4, 0.5) is 0 Å². The van der Waals surface area contributed by atoms with Crippen molar-refractivity contribution in [1.29, 1.82) is 0 Å². The van der Waals surface area contributed by atoms with E-state index in [0.29, 0.717) is 28.1 Å². The maximum Gasteiger partial charge on any atom is 0.0861 e. The number of aromatic nitrogens is 2. The first-order valence-corrected chi connectivity index (χ1v) is 6.90. The molecule has 0 aliphatic heterocycles. The van der Waals surface area contributed by atoms with Crippen LogP contribution in [0.2, 0.25) is 10.0 Å². The van der Waals surface area contributed by atoms with Crippen molar-refractivity contribution in [2.24, 2.45) is 0 Å². The number of benzene rings is 1. The molecule has 1 heterocycles. The Morgan fingerprint density at radius 3 is 2.63 bits per heavy atom. The largest absolute Gasteiger partial charge is 0.388 e. The van der Waals surface area contributed by atoms with Gasteiger partial charge in [0.2, 0.25) is 0 Å². The van der Waals surface area contributed by atoms with E-state index in [1.807, 2.05) is 16.9 Å². The molecule has 1 aromatic carbocycles. The van der Waals surface area contributed by atoms with Gasteiger partial charge in [0.1, 0.15) is 0 Å². The topological polar surface area (TPSA) is 38.0 Å². The average Bonchev–Trinajstić information content (AvgIpc) is 2.81. The minimum absolute atomic E-state index is 0.306. The van der Waals surface area contributed by atoms with Crippen LogP contribution in [0.3, 0.4) is 0 Å². The van der Waals surface area contributed by atoms with E-state index in [1.165, 1.54) is 0 Å². The van der Waals surface area contributed by atoms with Gasteiger partial charge < -0.3 is 5.11 Å². The molecule has 0 saturated carbocycles. The molecular formula is C14H16Cl2N2O. The smallest absolute Gasteiger partial charge is 0.0861 e. The highest BCUT2D eigenvalue weighted by Gasteiger charge is 2.15. The zero-order valence-corrected chi connectivity index (χ0v) is 12.4. The maximum absolute atomic E-state index is 10.2. The number of rotatable bonds is 4. The highest BCUT2D eigenvalue weighted by Crippen LogP contribution is 2.31. The van der Waals surface area contributed by atoms with Crippen LogP contribution in [0.25, 0.3) is 0 Å². The Kier molecular flexibility index (Phi) is 4.50. The van der Waals surface area contributed by atoms with Gasteiger partial charge in [-0.2, -0.15) is 5.10 Å². The van der Waals surface area contributed by atoms with Crippen LogP contribution in [0.5, 0.6) is 0 Å². The molecule has 1 aromatic heterocycles. The first kappa shape index (κ1) is 14.4. The van der Waals surface area contributed by atoms with E-state index in [4.69, 9.17) is 23.2 Å². The quantitative estimate of drug-likeness (QED) is 0.925. The minimum Gasteiger partial charge on any atom is -0.388 e. The molecule has 0 spiro atoms. The molecule has 1 unspecified atom stereocenters. The molecule has 1 atom stereocenters. The normalized spacial score (nSPS) is 12.9. The molecule has 0 bridgehead atoms. The van der Waals surface area contributed by atoms with Crippen molar-refractivity contribution in [1.82, 2.24) is 9.78 Å². The molecule has 0 aliphatic rings. The molecule has 2 aromatic rings. The van der Waals surface area contributed by atoms with Crippen molar-refractivity contribution in [3.63, 3.8) is 0 Å². The Morgan fingerprint density at radius 1 is 1.26 bits per heavy atom. The third-order valence-corrected chi connectivity index (χ3v) is 3.77. The lowest BCUT2D eigenvalue weighted by atomic mass is 10.1. The van der Waals surface area contributed by atoms with Crippen LogP contribution < -0.4 is 0 Å². The van der Waals surface area contributed by atoms with Gasteiger partial charge in [0.25, 0.3) is 0 Å². The Bertz CT molecular complexity index is 566.